The van der Waals surface area contributed by atoms with E-state index in [-0.39, 0.29) is 24.4 Å². The van der Waals surface area contributed by atoms with Gasteiger partial charge in [0.15, 0.2) is 5.69 Å². The molecule has 1 amide bonds. The number of halogens is 1. The topological polar surface area (TPSA) is 64.2 Å². The van der Waals surface area contributed by atoms with Crippen molar-refractivity contribution in [2.24, 2.45) is 5.73 Å². The third-order valence-electron chi connectivity index (χ3n) is 3.57. The van der Waals surface area contributed by atoms with Crippen molar-refractivity contribution in [3.63, 3.8) is 0 Å². The Kier molecular flexibility index (Phi) is 4.98. The molecular formula is C15H19ClN4O. The Balaban J connectivity index is 0.00000161. The van der Waals surface area contributed by atoms with E-state index < -0.39 is 0 Å². The molecule has 1 atom stereocenters. The first kappa shape index (κ1) is 15.5. The van der Waals surface area contributed by atoms with E-state index in [0.717, 1.165) is 25.1 Å². The first-order chi connectivity index (χ1) is 9.74. The Bertz CT molecular complexity index is 599. The Hall–Kier alpha value is -1.85. The third kappa shape index (κ3) is 3.43. The number of carbonyl (C=O) groups is 1. The maximum atomic E-state index is 12.4. The molecule has 21 heavy (non-hydrogen) atoms. The van der Waals surface area contributed by atoms with Gasteiger partial charge in [-0.1, -0.05) is 18.2 Å². The molecule has 1 aromatic carbocycles. The van der Waals surface area contributed by atoms with Gasteiger partial charge in [0.25, 0.3) is 5.91 Å². The zero-order valence-electron chi connectivity index (χ0n) is 11.7. The first-order valence-electron chi connectivity index (χ1n) is 6.90. The van der Waals surface area contributed by atoms with E-state index >= 15 is 0 Å². The minimum atomic E-state index is -0.0326. The molecule has 5 nitrogen and oxygen atoms in total. The lowest BCUT2D eigenvalue weighted by Crippen LogP contribution is -2.45. The van der Waals surface area contributed by atoms with Crippen LogP contribution in [0.3, 0.4) is 0 Å². The number of amides is 1. The van der Waals surface area contributed by atoms with Gasteiger partial charge in [-0.3, -0.25) is 4.79 Å². The molecule has 1 fully saturated rings. The van der Waals surface area contributed by atoms with E-state index in [4.69, 9.17) is 5.73 Å². The fourth-order valence-corrected chi connectivity index (χ4v) is 2.52. The van der Waals surface area contributed by atoms with Crippen molar-refractivity contribution >= 4 is 18.3 Å². The van der Waals surface area contributed by atoms with Crippen LogP contribution in [0.4, 0.5) is 0 Å². The maximum Gasteiger partial charge on any atom is 0.274 e. The van der Waals surface area contributed by atoms with Crippen LogP contribution in [0.2, 0.25) is 0 Å². The summed E-state index contributed by atoms with van der Waals surface area (Å²) in [6.45, 7) is 1.39. The molecule has 0 radical (unpaired) electrons. The molecule has 2 N–H and O–H groups in total. The van der Waals surface area contributed by atoms with E-state index in [2.05, 4.69) is 5.10 Å². The lowest BCUT2D eigenvalue weighted by atomic mass is 10.1. The van der Waals surface area contributed by atoms with E-state index in [9.17, 15) is 4.79 Å². The SMILES string of the molecule is Cl.NC1CCCN(C(=O)c2ccn(-c3ccccc3)n2)C1. The molecule has 1 unspecified atom stereocenters. The van der Waals surface area contributed by atoms with Crippen LogP contribution in [0.25, 0.3) is 5.69 Å². The van der Waals surface area contributed by atoms with Crippen LogP contribution in [-0.4, -0.2) is 39.7 Å². The molecular weight excluding hydrogens is 288 g/mol. The van der Waals surface area contributed by atoms with Crippen molar-refractivity contribution in [3.05, 3.63) is 48.3 Å². The quantitative estimate of drug-likeness (QED) is 0.921. The molecule has 0 bridgehead atoms. The van der Waals surface area contributed by atoms with Gasteiger partial charge < -0.3 is 10.6 Å². The van der Waals surface area contributed by atoms with Crippen LogP contribution in [0.15, 0.2) is 42.6 Å². The minimum absolute atomic E-state index is 0. The number of piperidine rings is 1. The summed E-state index contributed by atoms with van der Waals surface area (Å²) in [5, 5.41) is 4.37. The summed E-state index contributed by atoms with van der Waals surface area (Å²) >= 11 is 0. The number of carbonyl (C=O) groups excluding carboxylic acids is 1. The Morgan fingerprint density at radius 3 is 2.71 bits per heavy atom. The van der Waals surface area contributed by atoms with Gasteiger partial charge in [0.05, 0.1) is 5.69 Å². The number of likely N-dealkylation sites (tertiary alicyclic amines) is 1. The molecule has 2 heterocycles. The summed E-state index contributed by atoms with van der Waals surface area (Å²) in [5.74, 6) is -0.0326. The van der Waals surface area contributed by atoms with Gasteiger partial charge in [-0.15, -0.1) is 12.4 Å². The second-order valence-corrected chi connectivity index (χ2v) is 5.13. The third-order valence-corrected chi connectivity index (χ3v) is 3.57. The van der Waals surface area contributed by atoms with E-state index in [1.165, 1.54) is 0 Å². The van der Waals surface area contributed by atoms with Gasteiger partial charge in [-0.25, -0.2) is 4.68 Å². The molecule has 3 rings (SSSR count). The minimum Gasteiger partial charge on any atom is -0.336 e. The fraction of sp³-hybridized carbons (Fsp3) is 0.333. The molecule has 6 heteroatoms. The molecule has 1 saturated heterocycles. The van der Waals surface area contributed by atoms with Crippen molar-refractivity contribution in [2.75, 3.05) is 13.1 Å². The van der Waals surface area contributed by atoms with Gasteiger partial charge in [0.1, 0.15) is 0 Å². The zero-order valence-corrected chi connectivity index (χ0v) is 12.5. The van der Waals surface area contributed by atoms with Crippen LogP contribution >= 0.6 is 12.4 Å². The summed E-state index contributed by atoms with van der Waals surface area (Å²) < 4.78 is 1.72. The molecule has 1 aliphatic rings. The Labute approximate surface area is 130 Å². The van der Waals surface area contributed by atoms with Crippen molar-refractivity contribution in [3.8, 4) is 5.69 Å². The monoisotopic (exact) mass is 306 g/mol. The molecule has 1 aromatic heterocycles. The summed E-state index contributed by atoms with van der Waals surface area (Å²) in [7, 11) is 0. The lowest BCUT2D eigenvalue weighted by Gasteiger charge is -2.30. The number of hydrogen-bond donors (Lipinski definition) is 1. The molecule has 0 aliphatic carbocycles. The molecule has 2 aromatic rings. The number of benzene rings is 1. The fourth-order valence-electron chi connectivity index (χ4n) is 2.52. The zero-order chi connectivity index (χ0) is 13.9. The summed E-state index contributed by atoms with van der Waals surface area (Å²) in [6.07, 6.45) is 3.76. The van der Waals surface area contributed by atoms with Crippen LogP contribution in [0.1, 0.15) is 23.3 Å². The molecule has 0 saturated carbocycles. The first-order valence-corrected chi connectivity index (χ1v) is 6.90. The molecule has 112 valence electrons. The van der Waals surface area contributed by atoms with Gasteiger partial charge >= 0.3 is 0 Å². The number of aromatic nitrogens is 2. The molecule has 1 aliphatic heterocycles. The van der Waals surface area contributed by atoms with Crippen LogP contribution in [0.5, 0.6) is 0 Å². The predicted octanol–water partition coefficient (Wildman–Crippen LogP) is 1.86. The van der Waals surface area contributed by atoms with Crippen molar-refractivity contribution in [2.45, 2.75) is 18.9 Å². The highest BCUT2D eigenvalue weighted by atomic mass is 35.5. The van der Waals surface area contributed by atoms with E-state index in [1.54, 1.807) is 15.6 Å². The highest BCUT2D eigenvalue weighted by Crippen LogP contribution is 2.13. The Morgan fingerprint density at radius 2 is 2.00 bits per heavy atom. The number of nitrogens with two attached hydrogens (primary N) is 1. The van der Waals surface area contributed by atoms with Gasteiger partial charge in [0.2, 0.25) is 0 Å². The second-order valence-electron chi connectivity index (χ2n) is 5.13. The Morgan fingerprint density at radius 1 is 1.24 bits per heavy atom. The average molecular weight is 307 g/mol. The highest BCUT2D eigenvalue weighted by molar-refractivity contribution is 5.92. The largest absolute Gasteiger partial charge is 0.336 e. The summed E-state index contributed by atoms with van der Waals surface area (Å²) in [4.78, 5) is 14.2. The number of nitrogens with zero attached hydrogens (tertiary/aromatic N) is 3. The second kappa shape index (κ2) is 6.74. The van der Waals surface area contributed by atoms with Gasteiger partial charge in [-0.2, -0.15) is 5.10 Å². The van der Waals surface area contributed by atoms with Gasteiger partial charge in [-0.05, 0) is 31.0 Å². The number of rotatable bonds is 2. The summed E-state index contributed by atoms with van der Waals surface area (Å²) in [6, 6.07) is 11.6. The van der Waals surface area contributed by atoms with Crippen molar-refractivity contribution < 1.29 is 4.79 Å². The predicted molar refractivity (Wildman–Crippen MR) is 83.9 cm³/mol. The molecule has 0 spiro atoms. The average Bonchev–Trinajstić information content (AvgIpc) is 2.97. The summed E-state index contributed by atoms with van der Waals surface area (Å²) in [5.41, 5.74) is 7.34. The highest BCUT2D eigenvalue weighted by Gasteiger charge is 2.23. The van der Waals surface area contributed by atoms with Crippen molar-refractivity contribution in [1.82, 2.24) is 14.7 Å². The van der Waals surface area contributed by atoms with Crippen LogP contribution in [-0.2, 0) is 0 Å². The normalized spacial score (nSPS) is 18.1. The smallest absolute Gasteiger partial charge is 0.274 e. The van der Waals surface area contributed by atoms with Gasteiger partial charge in [0, 0.05) is 25.3 Å². The van der Waals surface area contributed by atoms with Crippen LogP contribution < -0.4 is 5.73 Å². The number of hydrogen-bond acceptors (Lipinski definition) is 3. The van der Waals surface area contributed by atoms with E-state index in [1.807, 2.05) is 36.5 Å². The standard InChI is InChI=1S/C15H18N4O.ClH/c16-12-5-4-9-18(11-12)15(20)14-8-10-19(17-14)13-6-2-1-3-7-13;/h1-3,6-8,10,12H,4-5,9,11,16H2;1H. The lowest BCUT2D eigenvalue weighted by molar-refractivity contribution is 0.0702. The van der Waals surface area contributed by atoms with Crippen LogP contribution in [0, 0.1) is 0 Å². The maximum absolute atomic E-state index is 12.4. The number of para-hydroxylation sites is 1. The van der Waals surface area contributed by atoms with Crippen molar-refractivity contribution in [1.29, 1.82) is 0 Å². The van der Waals surface area contributed by atoms with E-state index in [0.29, 0.717) is 12.2 Å².